The van der Waals surface area contributed by atoms with Gasteiger partial charge < -0.3 is 10.4 Å². The summed E-state index contributed by atoms with van der Waals surface area (Å²) in [5, 5.41) is 12.9. The Kier molecular flexibility index (Phi) is 3.59. The zero-order valence-electron chi connectivity index (χ0n) is 8.37. The third-order valence-electron chi connectivity index (χ3n) is 2.66. The number of nitrogens with one attached hydrogen (secondary N) is 1. The molecule has 1 aromatic rings. The lowest BCUT2D eigenvalue weighted by molar-refractivity contribution is 0.226. The molecular weight excluding hydrogens is 274 g/mol. The lowest BCUT2D eigenvalue weighted by Crippen LogP contribution is -2.42. The molecule has 0 aromatic heterocycles. The van der Waals surface area contributed by atoms with Crippen molar-refractivity contribution < 1.29 is 5.11 Å². The summed E-state index contributed by atoms with van der Waals surface area (Å²) in [5.74, 6) is 2.11. The van der Waals surface area contributed by atoms with Gasteiger partial charge in [0.2, 0.25) is 0 Å². The van der Waals surface area contributed by atoms with Crippen molar-refractivity contribution in [3.05, 3.63) is 28.7 Å². The largest absolute Gasteiger partial charge is 0.394 e. The summed E-state index contributed by atoms with van der Waals surface area (Å²) in [6.45, 7) is 0.204. The van der Waals surface area contributed by atoms with E-state index >= 15 is 0 Å². The molecule has 15 heavy (non-hydrogen) atoms. The van der Waals surface area contributed by atoms with Gasteiger partial charge in [-0.05, 0) is 36.4 Å². The Morgan fingerprint density at radius 2 is 2.13 bits per heavy atom. The number of hydrogen-bond acceptors (Lipinski definition) is 3. The topological polar surface area (TPSA) is 32.3 Å². The highest BCUT2D eigenvalue weighted by atomic mass is 79.9. The van der Waals surface area contributed by atoms with Crippen LogP contribution in [0.25, 0.3) is 0 Å². The highest BCUT2D eigenvalue weighted by molar-refractivity contribution is 9.10. The number of halogens is 1. The van der Waals surface area contributed by atoms with Gasteiger partial charge in [-0.2, -0.15) is 11.8 Å². The van der Waals surface area contributed by atoms with E-state index in [1.165, 1.54) is 0 Å². The summed E-state index contributed by atoms with van der Waals surface area (Å²) in [6.07, 6.45) is 1.03. The molecule has 1 aromatic carbocycles. The van der Waals surface area contributed by atoms with E-state index < -0.39 is 0 Å². The molecule has 1 fully saturated rings. The molecular formula is C11H14BrNOS. The highest BCUT2D eigenvalue weighted by Crippen LogP contribution is 2.31. The number of aliphatic hydroxyl groups excluding tert-OH is 1. The minimum atomic E-state index is -0.113. The summed E-state index contributed by atoms with van der Waals surface area (Å²) < 4.78 is 1.08. The molecule has 82 valence electrons. The first kappa shape index (κ1) is 11.3. The first-order chi connectivity index (χ1) is 7.24. The van der Waals surface area contributed by atoms with Gasteiger partial charge in [0, 0.05) is 15.9 Å². The average Bonchev–Trinajstić information content (AvgIpc) is 2.71. The summed E-state index contributed by atoms with van der Waals surface area (Å²) in [4.78, 5) is 0. The van der Waals surface area contributed by atoms with Gasteiger partial charge in [-0.25, -0.2) is 0 Å². The van der Waals surface area contributed by atoms with Crippen LogP contribution in [-0.2, 0) is 0 Å². The van der Waals surface area contributed by atoms with Crippen LogP contribution >= 0.6 is 27.7 Å². The number of aliphatic hydroxyl groups is 1. The fourth-order valence-electron chi connectivity index (χ4n) is 1.71. The van der Waals surface area contributed by atoms with Crippen molar-refractivity contribution in [3.8, 4) is 0 Å². The van der Waals surface area contributed by atoms with E-state index in [0.717, 1.165) is 28.1 Å². The van der Waals surface area contributed by atoms with Crippen molar-refractivity contribution in [1.82, 2.24) is 0 Å². The molecule has 1 saturated heterocycles. The molecule has 1 unspecified atom stereocenters. The van der Waals surface area contributed by atoms with Crippen LogP contribution in [0, 0.1) is 0 Å². The van der Waals surface area contributed by atoms with Crippen LogP contribution in [0.1, 0.15) is 6.42 Å². The van der Waals surface area contributed by atoms with E-state index in [-0.39, 0.29) is 12.1 Å². The predicted molar refractivity (Wildman–Crippen MR) is 69.5 cm³/mol. The van der Waals surface area contributed by atoms with E-state index in [4.69, 9.17) is 0 Å². The van der Waals surface area contributed by atoms with Gasteiger partial charge in [0.25, 0.3) is 0 Å². The Hall–Kier alpha value is -0.190. The van der Waals surface area contributed by atoms with Crippen LogP contribution in [0.15, 0.2) is 28.7 Å². The van der Waals surface area contributed by atoms with Crippen molar-refractivity contribution >= 4 is 33.4 Å². The minimum Gasteiger partial charge on any atom is -0.394 e. The number of anilines is 1. The third-order valence-corrected chi connectivity index (χ3v) is 4.44. The second-order valence-corrected chi connectivity index (χ2v) is 5.89. The summed E-state index contributed by atoms with van der Waals surface area (Å²) in [6, 6.07) is 8.08. The monoisotopic (exact) mass is 287 g/mol. The molecule has 0 saturated carbocycles. The van der Waals surface area contributed by atoms with Gasteiger partial charge in [-0.1, -0.05) is 15.9 Å². The molecule has 1 heterocycles. The molecule has 0 spiro atoms. The summed E-state index contributed by atoms with van der Waals surface area (Å²) in [5.41, 5.74) is 0.966. The van der Waals surface area contributed by atoms with Crippen molar-refractivity contribution in [1.29, 1.82) is 0 Å². The maximum atomic E-state index is 9.45. The summed E-state index contributed by atoms with van der Waals surface area (Å²) in [7, 11) is 0. The lowest BCUT2D eigenvalue weighted by Gasteiger charge is -2.28. The number of thioether (sulfide) groups is 1. The van der Waals surface area contributed by atoms with Gasteiger partial charge in [-0.3, -0.25) is 0 Å². The van der Waals surface area contributed by atoms with Crippen LogP contribution in [0.3, 0.4) is 0 Å². The van der Waals surface area contributed by atoms with Gasteiger partial charge >= 0.3 is 0 Å². The van der Waals surface area contributed by atoms with E-state index in [2.05, 4.69) is 21.2 Å². The van der Waals surface area contributed by atoms with Crippen LogP contribution in [0.5, 0.6) is 0 Å². The number of benzene rings is 1. The van der Waals surface area contributed by atoms with Gasteiger partial charge in [0.1, 0.15) is 0 Å². The van der Waals surface area contributed by atoms with E-state index in [9.17, 15) is 5.11 Å². The Balaban J connectivity index is 2.09. The number of hydrogen-bond donors (Lipinski definition) is 2. The van der Waals surface area contributed by atoms with Gasteiger partial charge in [0.15, 0.2) is 0 Å². The molecule has 1 aliphatic heterocycles. The van der Waals surface area contributed by atoms with Crippen LogP contribution in [0.4, 0.5) is 5.69 Å². The van der Waals surface area contributed by atoms with E-state index in [1.54, 1.807) is 0 Å². The molecule has 1 aliphatic rings. The van der Waals surface area contributed by atoms with Crippen molar-refractivity contribution in [2.75, 3.05) is 23.4 Å². The third kappa shape index (κ3) is 2.68. The molecule has 2 N–H and O–H groups in total. The summed E-state index contributed by atoms with van der Waals surface area (Å²) >= 11 is 5.30. The zero-order valence-corrected chi connectivity index (χ0v) is 10.8. The standard InChI is InChI=1S/C11H14BrNOS/c12-9-1-3-10(4-2-9)13-11(7-14)5-6-15-8-11/h1-4,13-14H,5-8H2. The SMILES string of the molecule is OCC1(Nc2ccc(Br)cc2)CCSC1. The molecule has 0 aliphatic carbocycles. The Morgan fingerprint density at radius 3 is 2.67 bits per heavy atom. The van der Waals surface area contributed by atoms with Crippen LogP contribution < -0.4 is 5.32 Å². The maximum Gasteiger partial charge on any atom is 0.0701 e. The first-order valence-corrected chi connectivity index (χ1v) is 6.91. The quantitative estimate of drug-likeness (QED) is 0.897. The minimum absolute atomic E-state index is 0.113. The van der Waals surface area contributed by atoms with Crippen LogP contribution in [0.2, 0.25) is 0 Å². The molecule has 0 radical (unpaired) electrons. The van der Waals surface area contributed by atoms with Gasteiger partial charge in [0.05, 0.1) is 12.1 Å². The lowest BCUT2D eigenvalue weighted by atomic mass is 10.00. The fraction of sp³-hybridized carbons (Fsp3) is 0.455. The second-order valence-electron chi connectivity index (χ2n) is 3.87. The highest BCUT2D eigenvalue weighted by Gasteiger charge is 2.33. The molecule has 0 amide bonds. The Morgan fingerprint density at radius 1 is 1.40 bits per heavy atom. The van der Waals surface area contributed by atoms with Crippen molar-refractivity contribution in [2.24, 2.45) is 0 Å². The molecule has 2 nitrogen and oxygen atoms in total. The molecule has 0 bridgehead atoms. The Labute approximate surface area is 103 Å². The van der Waals surface area contributed by atoms with Crippen LogP contribution in [-0.4, -0.2) is 28.8 Å². The van der Waals surface area contributed by atoms with Gasteiger partial charge in [-0.15, -0.1) is 0 Å². The number of rotatable bonds is 3. The van der Waals surface area contributed by atoms with Crippen molar-refractivity contribution in [3.63, 3.8) is 0 Å². The molecule has 1 atom stereocenters. The van der Waals surface area contributed by atoms with E-state index in [0.29, 0.717) is 0 Å². The average molecular weight is 288 g/mol. The maximum absolute atomic E-state index is 9.45. The Bertz CT molecular complexity index is 322. The fourth-order valence-corrected chi connectivity index (χ4v) is 3.35. The smallest absolute Gasteiger partial charge is 0.0701 e. The molecule has 2 rings (SSSR count). The predicted octanol–water partition coefficient (Wildman–Crippen LogP) is 2.73. The van der Waals surface area contributed by atoms with Crippen molar-refractivity contribution in [2.45, 2.75) is 12.0 Å². The van der Waals surface area contributed by atoms with E-state index in [1.807, 2.05) is 36.0 Å². The molecule has 4 heteroatoms. The first-order valence-electron chi connectivity index (χ1n) is 4.96. The zero-order chi connectivity index (χ0) is 10.7. The second kappa shape index (κ2) is 4.76. The normalized spacial score (nSPS) is 25.5.